The molecule has 3 rings (SSSR count). The number of halogens is 3. The molecular formula is C13H13F3N2O. The molecule has 2 N–H and O–H groups in total. The molecule has 1 atom stereocenters. The predicted molar refractivity (Wildman–Crippen MR) is 65.0 cm³/mol. The lowest BCUT2D eigenvalue weighted by atomic mass is 10.1. The molecule has 6 heteroatoms. The molecule has 1 aliphatic heterocycles. The number of alkyl halides is 3. The van der Waals surface area contributed by atoms with E-state index in [1.165, 1.54) is 6.07 Å². The molecule has 102 valence electrons. The highest BCUT2D eigenvalue weighted by Crippen LogP contribution is 2.43. The Morgan fingerprint density at radius 1 is 1.37 bits per heavy atom. The van der Waals surface area contributed by atoms with E-state index in [2.05, 4.69) is 5.32 Å². The van der Waals surface area contributed by atoms with Crippen molar-refractivity contribution in [3.63, 3.8) is 0 Å². The highest BCUT2D eigenvalue weighted by atomic mass is 19.4. The molecule has 0 unspecified atom stereocenters. The highest BCUT2D eigenvalue weighted by Gasteiger charge is 2.36. The quantitative estimate of drug-likeness (QED) is 0.772. The summed E-state index contributed by atoms with van der Waals surface area (Å²) < 4.78 is 40.7. The van der Waals surface area contributed by atoms with Crippen molar-refractivity contribution in [2.45, 2.75) is 25.7 Å². The van der Waals surface area contributed by atoms with Gasteiger partial charge in [-0.15, -0.1) is 0 Å². The van der Waals surface area contributed by atoms with Gasteiger partial charge in [0.05, 0.1) is 10.9 Å². The Labute approximate surface area is 107 Å². The van der Waals surface area contributed by atoms with Crippen LogP contribution in [-0.4, -0.2) is 16.2 Å². The molecule has 0 amide bonds. The summed E-state index contributed by atoms with van der Waals surface area (Å²) in [6.45, 7) is 2.95. The average Bonchev–Trinajstić information content (AvgIpc) is 2.64. The summed E-state index contributed by atoms with van der Waals surface area (Å²) in [5.41, 5.74) is -0.0750. The Morgan fingerprint density at radius 3 is 2.79 bits per heavy atom. The van der Waals surface area contributed by atoms with Crippen LogP contribution < -0.4 is 5.32 Å². The molecule has 0 fully saturated rings. The van der Waals surface area contributed by atoms with Crippen molar-refractivity contribution in [2.75, 3.05) is 6.54 Å². The van der Waals surface area contributed by atoms with Crippen LogP contribution in [0.4, 0.5) is 13.2 Å². The van der Waals surface area contributed by atoms with Gasteiger partial charge < -0.3 is 15.0 Å². The predicted octanol–water partition coefficient (Wildman–Crippen LogP) is 3.03. The lowest BCUT2D eigenvalue weighted by molar-refractivity contribution is -0.136. The molecule has 3 nitrogen and oxygen atoms in total. The summed E-state index contributed by atoms with van der Waals surface area (Å²) in [4.78, 5) is 0. The number of nitrogens with zero attached hydrogens (tertiary/aromatic N) is 1. The van der Waals surface area contributed by atoms with E-state index in [0.29, 0.717) is 24.2 Å². The third kappa shape index (κ3) is 1.70. The molecule has 2 heterocycles. The Bertz CT molecular complexity index is 645. The second kappa shape index (κ2) is 3.90. The molecule has 0 radical (unpaired) electrons. The number of rotatable bonds is 0. The summed E-state index contributed by atoms with van der Waals surface area (Å²) >= 11 is 0. The number of nitrogens with one attached hydrogen (secondary N) is 1. The molecule has 0 spiro atoms. The van der Waals surface area contributed by atoms with Gasteiger partial charge in [0.25, 0.3) is 0 Å². The highest BCUT2D eigenvalue weighted by molar-refractivity contribution is 5.94. The monoisotopic (exact) mass is 270 g/mol. The first-order valence-corrected chi connectivity index (χ1v) is 6.04. The minimum atomic E-state index is -4.47. The fourth-order valence-corrected chi connectivity index (χ4v) is 2.79. The van der Waals surface area contributed by atoms with Crippen LogP contribution in [0.3, 0.4) is 0 Å². The fourth-order valence-electron chi connectivity index (χ4n) is 2.79. The van der Waals surface area contributed by atoms with E-state index in [4.69, 9.17) is 0 Å². The molecule has 0 saturated carbocycles. The van der Waals surface area contributed by atoms with Gasteiger partial charge >= 0.3 is 6.18 Å². The zero-order chi connectivity index (χ0) is 13.8. The van der Waals surface area contributed by atoms with Crippen molar-refractivity contribution in [1.82, 2.24) is 9.88 Å². The molecular weight excluding hydrogens is 257 g/mol. The minimum absolute atomic E-state index is 0.0720. The van der Waals surface area contributed by atoms with Crippen molar-refractivity contribution >= 4 is 10.8 Å². The number of hydrogen-bond acceptors (Lipinski definition) is 2. The van der Waals surface area contributed by atoms with Gasteiger partial charge in [-0.2, -0.15) is 13.2 Å². The molecule has 1 aromatic carbocycles. The Balaban J connectivity index is 2.40. The van der Waals surface area contributed by atoms with Gasteiger partial charge in [0, 0.05) is 30.2 Å². The number of fused-ring (bicyclic) bond motifs is 3. The molecule has 1 aromatic heterocycles. The van der Waals surface area contributed by atoms with E-state index in [0.717, 1.165) is 6.07 Å². The van der Waals surface area contributed by atoms with Crippen LogP contribution in [0.5, 0.6) is 5.88 Å². The minimum Gasteiger partial charge on any atom is -0.494 e. The molecule has 19 heavy (non-hydrogen) atoms. The molecule has 2 aromatic rings. The normalized spacial score (nSPS) is 19.7. The lowest BCUT2D eigenvalue weighted by Gasteiger charge is -2.24. The van der Waals surface area contributed by atoms with Crippen LogP contribution in [0, 0.1) is 0 Å². The van der Waals surface area contributed by atoms with Gasteiger partial charge in [0.2, 0.25) is 0 Å². The maximum Gasteiger partial charge on any atom is 0.417 e. The number of benzene rings is 1. The third-order valence-electron chi connectivity index (χ3n) is 3.60. The van der Waals surface area contributed by atoms with Gasteiger partial charge in [-0.25, -0.2) is 0 Å². The first-order valence-electron chi connectivity index (χ1n) is 6.04. The summed E-state index contributed by atoms with van der Waals surface area (Å²) in [6.07, 6.45) is -4.47. The van der Waals surface area contributed by atoms with Crippen molar-refractivity contribution in [3.05, 3.63) is 29.5 Å². The Kier molecular flexibility index (Phi) is 2.53. The van der Waals surface area contributed by atoms with Crippen LogP contribution in [0.2, 0.25) is 0 Å². The standard InChI is InChI=1S/C13H13F3N2O/c1-7-5-17-6-10-8-3-2-4-9(13(14,15)16)11(8)12(19)18(7)10/h2-4,7,17,19H,5-6H2,1H3/t7-/m0/s1. The number of hydrogen-bond donors (Lipinski definition) is 2. The van der Waals surface area contributed by atoms with Crippen molar-refractivity contribution in [1.29, 1.82) is 0 Å². The van der Waals surface area contributed by atoms with Crippen LogP contribution in [0.15, 0.2) is 18.2 Å². The van der Waals surface area contributed by atoms with E-state index in [1.807, 2.05) is 6.92 Å². The summed E-state index contributed by atoms with van der Waals surface area (Å²) in [7, 11) is 0. The average molecular weight is 270 g/mol. The van der Waals surface area contributed by atoms with Crippen molar-refractivity contribution < 1.29 is 18.3 Å². The Hall–Kier alpha value is -1.69. The van der Waals surface area contributed by atoms with Gasteiger partial charge in [-0.3, -0.25) is 0 Å². The Morgan fingerprint density at radius 2 is 2.11 bits per heavy atom. The maximum atomic E-state index is 13.0. The largest absolute Gasteiger partial charge is 0.494 e. The third-order valence-corrected chi connectivity index (χ3v) is 3.60. The van der Waals surface area contributed by atoms with Crippen LogP contribution in [0.1, 0.15) is 24.2 Å². The number of aromatic hydroxyl groups is 1. The van der Waals surface area contributed by atoms with E-state index in [-0.39, 0.29) is 17.3 Å². The van der Waals surface area contributed by atoms with Gasteiger partial charge in [0.15, 0.2) is 5.88 Å². The van der Waals surface area contributed by atoms with Crippen molar-refractivity contribution in [3.8, 4) is 5.88 Å². The molecule has 0 bridgehead atoms. The van der Waals surface area contributed by atoms with E-state index >= 15 is 0 Å². The van der Waals surface area contributed by atoms with Crippen LogP contribution >= 0.6 is 0 Å². The lowest BCUT2D eigenvalue weighted by Crippen LogP contribution is -2.30. The summed E-state index contributed by atoms with van der Waals surface area (Å²) in [5.74, 6) is -0.285. The van der Waals surface area contributed by atoms with E-state index in [1.54, 1.807) is 10.6 Å². The number of aromatic nitrogens is 1. The van der Waals surface area contributed by atoms with Gasteiger partial charge in [0.1, 0.15) is 0 Å². The van der Waals surface area contributed by atoms with Gasteiger partial charge in [-0.1, -0.05) is 12.1 Å². The first-order chi connectivity index (χ1) is 8.91. The molecule has 1 aliphatic rings. The van der Waals surface area contributed by atoms with E-state index < -0.39 is 11.7 Å². The maximum absolute atomic E-state index is 13.0. The topological polar surface area (TPSA) is 37.2 Å². The first kappa shape index (κ1) is 12.3. The SMILES string of the molecule is C[C@H]1CNCc2c3cccc(C(F)(F)F)c3c(O)n21. The van der Waals surface area contributed by atoms with Crippen LogP contribution in [0.25, 0.3) is 10.8 Å². The summed E-state index contributed by atoms with van der Waals surface area (Å²) in [5, 5.41) is 13.7. The van der Waals surface area contributed by atoms with Crippen LogP contribution in [-0.2, 0) is 12.7 Å². The van der Waals surface area contributed by atoms with E-state index in [9.17, 15) is 18.3 Å². The molecule has 0 aliphatic carbocycles. The zero-order valence-electron chi connectivity index (χ0n) is 10.3. The second-order valence-electron chi connectivity index (χ2n) is 4.85. The van der Waals surface area contributed by atoms with Gasteiger partial charge in [-0.05, 0) is 13.0 Å². The van der Waals surface area contributed by atoms with Crippen molar-refractivity contribution in [2.24, 2.45) is 0 Å². The zero-order valence-corrected chi connectivity index (χ0v) is 10.3. The summed E-state index contributed by atoms with van der Waals surface area (Å²) in [6, 6.07) is 3.93. The second-order valence-corrected chi connectivity index (χ2v) is 4.85. The fraction of sp³-hybridized carbons (Fsp3) is 0.385. The molecule has 0 saturated heterocycles. The smallest absolute Gasteiger partial charge is 0.417 e.